The molecular formula is C15H15NO2S. The first-order valence-electron chi connectivity index (χ1n) is 6.39. The summed E-state index contributed by atoms with van der Waals surface area (Å²) < 4.78 is 5.14. The molecule has 1 aromatic heterocycles. The minimum Gasteiger partial charge on any atom is -0.462 e. The zero-order valence-electron chi connectivity index (χ0n) is 10.7. The highest BCUT2D eigenvalue weighted by Crippen LogP contribution is 2.44. The number of fused-ring (bicyclic) bond motifs is 3. The van der Waals surface area contributed by atoms with Crippen molar-refractivity contribution in [3.05, 3.63) is 40.3 Å². The average Bonchev–Trinajstić information content (AvgIpc) is 2.75. The summed E-state index contributed by atoms with van der Waals surface area (Å²) in [5.74, 6) is -0.311. The van der Waals surface area contributed by atoms with Gasteiger partial charge in [-0.1, -0.05) is 24.3 Å². The number of ether oxygens (including phenoxy) is 1. The van der Waals surface area contributed by atoms with Gasteiger partial charge >= 0.3 is 5.97 Å². The van der Waals surface area contributed by atoms with Crippen LogP contribution in [0.2, 0.25) is 0 Å². The van der Waals surface area contributed by atoms with E-state index in [0.29, 0.717) is 17.2 Å². The zero-order valence-corrected chi connectivity index (χ0v) is 11.5. The lowest BCUT2D eigenvalue weighted by molar-refractivity contribution is 0.0529. The number of nitrogen functional groups attached to an aromatic ring is 1. The van der Waals surface area contributed by atoms with Crippen molar-refractivity contribution in [2.75, 3.05) is 12.3 Å². The van der Waals surface area contributed by atoms with Gasteiger partial charge in [0.25, 0.3) is 0 Å². The van der Waals surface area contributed by atoms with Gasteiger partial charge in [-0.3, -0.25) is 0 Å². The summed E-state index contributed by atoms with van der Waals surface area (Å²) in [5.41, 5.74) is 9.97. The fraction of sp³-hybridized carbons (Fsp3) is 0.267. The summed E-state index contributed by atoms with van der Waals surface area (Å²) in [5, 5.41) is 0.570. The molecule has 0 bridgehead atoms. The van der Waals surface area contributed by atoms with E-state index >= 15 is 0 Å². The molecule has 0 amide bonds. The van der Waals surface area contributed by atoms with Crippen LogP contribution in [-0.4, -0.2) is 12.6 Å². The maximum Gasteiger partial charge on any atom is 0.341 e. The number of thiophene rings is 1. The van der Waals surface area contributed by atoms with E-state index in [1.165, 1.54) is 21.8 Å². The Bertz CT molecular complexity index is 646. The number of aryl methyl sites for hydroxylation is 2. The summed E-state index contributed by atoms with van der Waals surface area (Å²) in [4.78, 5) is 13.3. The standard InChI is InChI=1S/C15H15NO2S/c1-2-18-15(17)13-12-10-6-4-3-5-9(10)7-8-11(12)19-14(13)16/h3-6H,2,7-8,16H2,1H3. The second-order valence-electron chi connectivity index (χ2n) is 4.52. The van der Waals surface area contributed by atoms with Crippen molar-refractivity contribution in [3.63, 3.8) is 0 Å². The highest BCUT2D eigenvalue weighted by Gasteiger charge is 2.28. The second kappa shape index (κ2) is 4.70. The van der Waals surface area contributed by atoms with Gasteiger partial charge in [0, 0.05) is 10.4 Å². The van der Waals surface area contributed by atoms with Crippen LogP contribution in [0.1, 0.15) is 27.7 Å². The normalized spacial score (nSPS) is 12.7. The van der Waals surface area contributed by atoms with Crippen LogP contribution in [0.4, 0.5) is 5.00 Å². The highest BCUT2D eigenvalue weighted by molar-refractivity contribution is 7.17. The number of hydrogen-bond acceptors (Lipinski definition) is 4. The van der Waals surface area contributed by atoms with E-state index in [1.54, 1.807) is 6.92 Å². The van der Waals surface area contributed by atoms with E-state index in [-0.39, 0.29) is 5.97 Å². The number of nitrogens with two attached hydrogens (primary N) is 1. The Morgan fingerprint density at radius 2 is 2.16 bits per heavy atom. The second-order valence-corrected chi connectivity index (χ2v) is 5.65. The molecule has 1 aliphatic rings. The van der Waals surface area contributed by atoms with Gasteiger partial charge in [0.1, 0.15) is 10.6 Å². The maximum atomic E-state index is 12.1. The van der Waals surface area contributed by atoms with Crippen molar-refractivity contribution in [2.45, 2.75) is 19.8 Å². The van der Waals surface area contributed by atoms with E-state index in [2.05, 4.69) is 12.1 Å². The summed E-state index contributed by atoms with van der Waals surface area (Å²) in [6, 6.07) is 8.20. The predicted molar refractivity (Wildman–Crippen MR) is 77.5 cm³/mol. The number of rotatable bonds is 2. The molecule has 98 valence electrons. The van der Waals surface area contributed by atoms with E-state index in [1.807, 2.05) is 12.1 Å². The number of carbonyl (C=O) groups is 1. The van der Waals surface area contributed by atoms with Gasteiger partial charge < -0.3 is 10.5 Å². The molecule has 3 nitrogen and oxygen atoms in total. The van der Waals surface area contributed by atoms with Gasteiger partial charge in [0.15, 0.2) is 0 Å². The molecule has 0 unspecified atom stereocenters. The van der Waals surface area contributed by atoms with Crippen LogP contribution in [0.3, 0.4) is 0 Å². The summed E-state index contributed by atoms with van der Waals surface area (Å²) in [6.07, 6.45) is 1.95. The van der Waals surface area contributed by atoms with Gasteiger partial charge in [0.2, 0.25) is 0 Å². The van der Waals surface area contributed by atoms with Crippen molar-refractivity contribution >= 4 is 22.3 Å². The number of carbonyl (C=O) groups excluding carboxylic acids is 1. The van der Waals surface area contributed by atoms with Crippen LogP contribution in [0.25, 0.3) is 11.1 Å². The summed E-state index contributed by atoms with van der Waals surface area (Å²) in [7, 11) is 0. The molecule has 19 heavy (non-hydrogen) atoms. The van der Waals surface area contributed by atoms with E-state index in [9.17, 15) is 4.79 Å². The van der Waals surface area contributed by atoms with Crippen molar-refractivity contribution < 1.29 is 9.53 Å². The molecule has 0 atom stereocenters. The van der Waals surface area contributed by atoms with E-state index in [0.717, 1.165) is 24.0 Å². The van der Waals surface area contributed by atoms with E-state index in [4.69, 9.17) is 10.5 Å². The van der Waals surface area contributed by atoms with Crippen LogP contribution in [-0.2, 0) is 17.6 Å². The molecule has 4 heteroatoms. The van der Waals surface area contributed by atoms with Crippen LogP contribution >= 0.6 is 11.3 Å². The van der Waals surface area contributed by atoms with Gasteiger partial charge in [-0.2, -0.15) is 0 Å². The topological polar surface area (TPSA) is 52.3 Å². The quantitative estimate of drug-likeness (QED) is 0.854. The Morgan fingerprint density at radius 3 is 2.95 bits per heavy atom. The average molecular weight is 273 g/mol. The van der Waals surface area contributed by atoms with Gasteiger partial charge in [-0.15, -0.1) is 11.3 Å². The van der Waals surface area contributed by atoms with Crippen LogP contribution in [0, 0.1) is 0 Å². The fourth-order valence-corrected chi connectivity index (χ4v) is 3.67. The molecule has 1 aromatic carbocycles. The Labute approximate surface area is 116 Å². The third-order valence-corrected chi connectivity index (χ3v) is 4.47. The van der Waals surface area contributed by atoms with Crippen molar-refractivity contribution in [2.24, 2.45) is 0 Å². The predicted octanol–water partition coefficient (Wildman–Crippen LogP) is 3.27. The van der Waals surface area contributed by atoms with Crippen LogP contribution in [0.5, 0.6) is 0 Å². The molecular weight excluding hydrogens is 258 g/mol. The number of hydrogen-bond donors (Lipinski definition) is 1. The van der Waals surface area contributed by atoms with Crippen LogP contribution < -0.4 is 5.73 Å². The Hall–Kier alpha value is -1.81. The minimum atomic E-state index is -0.311. The van der Waals surface area contributed by atoms with Crippen molar-refractivity contribution in [1.82, 2.24) is 0 Å². The lowest BCUT2D eigenvalue weighted by Gasteiger charge is -2.17. The minimum absolute atomic E-state index is 0.311. The van der Waals surface area contributed by atoms with Crippen molar-refractivity contribution in [3.8, 4) is 11.1 Å². The third-order valence-electron chi connectivity index (χ3n) is 3.40. The fourth-order valence-electron chi connectivity index (χ4n) is 2.59. The van der Waals surface area contributed by atoms with Gasteiger partial charge in [0.05, 0.1) is 6.61 Å². The van der Waals surface area contributed by atoms with Gasteiger partial charge in [-0.05, 0) is 30.9 Å². The first-order valence-corrected chi connectivity index (χ1v) is 7.20. The molecule has 0 radical (unpaired) electrons. The first kappa shape index (κ1) is 12.2. The smallest absolute Gasteiger partial charge is 0.341 e. The first-order chi connectivity index (χ1) is 9.22. The summed E-state index contributed by atoms with van der Waals surface area (Å²) >= 11 is 1.51. The molecule has 3 rings (SSSR count). The van der Waals surface area contributed by atoms with Crippen molar-refractivity contribution in [1.29, 1.82) is 0 Å². The molecule has 0 saturated carbocycles. The lowest BCUT2D eigenvalue weighted by Crippen LogP contribution is -2.09. The monoisotopic (exact) mass is 273 g/mol. The van der Waals surface area contributed by atoms with E-state index < -0.39 is 0 Å². The molecule has 2 N–H and O–H groups in total. The highest BCUT2D eigenvalue weighted by atomic mass is 32.1. The SMILES string of the molecule is CCOC(=O)c1c(N)sc2c1-c1ccccc1CC2. The van der Waals surface area contributed by atoms with Crippen LogP contribution in [0.15, 0.2) is 24.3 Å². The summed E-state index contributed by atoms with van der Waals surface area (Å²) in [6.45, 7) is 2.17. The molecule has 2 aromatic rings. The Balaban J connectivity index is 2.20. The lowest BCUT2D eigenvalue weighted by atomic mass is 9.88. The van der Waals surface area contributed by atoms with Gasteiger partial charge in [-0.25, -0.2) is 4.79 Å². The molecule has 0 aliphatic heterocycles. The molecule has 0 spiro atoms. The number of esters is 1. The Kier molecular flexibility index (Phi) is 3.03. The zero-order chi connectivity index (χ0) is 13.4. The molecule has 0 fully saturated rings. The number of anilines is 1. The Morgan fingerprint density at radius 1 is 1.37 bits per heavy atom. The molecule has 0 saturated heterocycles. The largest absolute Gasteiger partial charge is 0.462 e. The molecule has 1 heterocycles. The number of benzene rings is 1. The molecule has 1 aliphatic carbocycles. The maximum absolute atomic E-state index is 12.1. The third kappa shape index (κ3) is 1.92.